The predicted molar refractivity (Wildman–Crippen MR) is 166 cm³/mol. The maximum atomic E-state index is 14.1. The Morgan fingerprint density at radius 1 is 1.07 bits per heavy atom. The molecule has 3 atom stereocenters. The molecule has 10 nitrogen and oxygen atoms in total. The molecule has 0 bridgehead atoms. The van der Waals surface area contributed by atoms with E-state index >= 15 is 0 Å². The maximum absolute atomic E-state index is 14.1. The maximum Gasteiger partial charge on any atom is 0.245 e. The van der Waals surface area contributed by atoms with Crippen LogP contribution in [0.4, 0.5) is 4.39 Å². The van der Waals surface area contributed by atoms with Crippen molar-refractivity contribution in [1.29, 1.82) is 0 Å². The quantitative estimate of drug-likeness (QED) is 0.395. The van der Waals surface area contributed by atoms with Crippen molar-refractivity contribution in [3.63, 3.8) is 0 Å². The minimum atomic E-state index is -0.970. The number of hydrogen-bond acceptors (Lipinski definition) is 6. The second-order valence-electron chi connectivity index (χ2n) is 12.6. The molecule has 240 valence electrons. The second-order valence-corrected chi connectivity index (χ2v) is 12.6. The van der Waals surface area contributed by atoms with E-state index in [0.717, 1.165) is 5.56 Å². The molecule has 0 saturated carbocycles. The van der Waals surface area contributed by atoms with Crippen molar-refractivity contribution in [3.8, 4) is 5.75 Å². The molecule has 3 unspecified atom stereocenters. The average molecular weight is 612 g/mol. The number of halogens is 1. The molecule has 11 heteroatoms. The lowest BCUT2D eigenvalue weighted by Gasteiger charge is -2.35. The molecular formula is C33H46FN5O5. The second kappa shape index (κ2) is 15.1. The van der Waals surface area contributed by atoms with Crippen molar-refractivity contribution < 1.29 is 28.7 Å². The number of nitrogens with one attached hydrogen (secondary N) is 2. The van der Waals surface area contributed by atoms with Crippen LogP contribution < -0.4 is 16.4 Å². The van der Waals surface area contributed by atoms with Gasteiger partial charge in [-0.15, -0.1) is 0 Å². The number of phenolic OH excluding ortho intramolecular Hbond substituents is 1. The highest BCUT2D eigenvalue weighted by Crippen LogP contribution is 2.32. The van der Waals surface area contributed by atoms with Crippen LogP contribution >= 0.6 is 0 Å². The molecule has 4 amide bonds. The Kier molecular flexibility index (Phi) is 11.9. The van der Waals surface area contributed by atoms with Crippen LogP contribution in [-0.4, -0.2) is 83.8 Å². The van der Waals surface area contributed by atoms with Gasteiger partial charge in [-0.1, -0.05) is 45.0 Å². The van der Waals surface area contributed by atoms with Gasteiger partial charge in [-0.05, 0) is 66.0 Å². The first-order valence-electron chi connectivity index (χ1n) is 15.1. The Bertz CT molecular complexity index is 1330. The van der Waals surface area contributed by atoms with E-state index in [1.807, 2.05) is 26.8 Å². The fourth-order valence-electron chi connectivity index (χ4n) is 5.38. The van der Waals surface area contributed by atoms with Gasteiger partial charge in [-0.2, -0.15) is 0 Å². The number of aromatic hydroxyl groups is 1. The molecule has 3 rings (SSSR count). The number of carbonyl (C=O) groups is 4. The topological polar surface area (TPSA) is 145 Å². The van der Waals surface area contributed by atoms with Gasteiger partial charge in [0.2, 0.25) is 23.6 Å². The summed E-state index contributed by atoms with van der Waals surface area (Å²) < 4.78 is 13.4. The molecule has 0 spiro atoms. The number of amides is 4. The van der Waals surface area contributed by atoms with Gasteiger partial charge in [0, 0.05) is 40.0 Å². The highest BCUT2D eigenvalue weighted by Gasteiger charge is 2.36. The zero-order chi connectivity index (χ0) is 32.6. The predicted octanol–water partition coefficient (Wildman–Crippen LogP) is 2.40. The van der Waals surface area contributed by atoms with Gasteiger partial charge in [0.15, 0.2) is 0 Å². The van der Waals surface area contributed by atoms with E-state index in [0.29, 0.717) is 36.9 Å². The summed E-state index contributed by atoms with van der Waals surface area (Å²) >= 11 is 0. The van der Waals surface area contributed by atoms with Gasteiger partial charge in [-0.3, -0.25) is 19.2 Å². The van der Waals surface area contributed by atoms with Crippen molar-refractivity contribution in [1.82, 2.24) is 20.4 Å². The standard InChI is InChI=1S/C33H46FN5O5/c1-33(2,3)24-18-22(11-14-28(24)40)20-27-30(42)37-17-15-29(41)36-16-7-6-8-26(32(44)39(27)5)38(4)31(43)25(35)19-21-9-12-23(34)13-10-21/h9-14,18,25-27,40H,6-8,15-17,19-20,35H2,1-5H3,(H,36,41)(H,37,42). The third-order valence-corrected chi connectivity index (χ3v) is 8.08. The third-order valence-electron chi connectivity index (χ3n) is 8.08. The monoisotopic (exact) mass is 611 g/mol. The Balaban J connectivity index is 1.91. The minimum absolute atomic E-state index is 0.103. The number of phenols is 1. The molecule has 0 aromatic heterocycles. The molecule has 2 aromatic carbocycles. The first kappa shape index (κ1) is 34.5. The number of nitrogens with two attached hydrogens (primary N) is 1. The van der Waals surface area contributed by atoms with Crippen LogP contribution in [0.5, 0.6) is 5.75 Å². The summed E-state index contributed by atoms with van der Waals surface area (Å²) in [5, 5.41) is 16.1. The van der Waals surface area contributed by atoms with Crippen LogP contribution in [0.3, 0.4) is 0 Å². The zero-order valence-corrected chi connectivity index (χ0v) is 26.4. The van der Waals surface area contributed by atoms with Crippen LogP contribution in [-0.2, 0) is 37.4 Å². The first-order chi connectivity index (χ1) is 20.7. The highest BCUT2D eigenvalue weighted by atomic mass is 19.1. The number of hydrogen-bond donors (Lipinski definition) is 4. The molecule has 1 fully saturated rings. The van der Waals surface area contributed by atoms with Crippen molar-refractivity contribution >= 4 is 23.6 Å². The Hall–Kier alpha value is -3.99. The molecule has 1 saturated heterocycles. The molecule has 1 aliphatic rings. The highest BCUT2D eigenvalue weighted by molar-refractivity contribution is 5.93. The van der Waals surface area contributed by atoms with Crippen LogP contribution in [0.25, 0.3) is 0 Å². The fourth-order valence-corrected chi connectivity index (χ4v) is 5.38. The largest absolute Gasteiger partial charge is 0.508 e. The molecular weight excluding hydrogens is 565 g/mol. The summed E-state index contributed by atoms with van der Waals surface area (Å²) in [5.41, 5.74) is 8.05. The Morgan fingerprint density at radius 3 is 2.39 bits per heavy atom. The van der Waals surface area contributed by atoms with Gasteiger partial charge in [-0.25, -0.2) is 4.39 Å². The summed E-state index contributed by atoms with van der Waals surface area (Å²) in [4.78, 5) is 56.1. The number of nitrogens with zero attached hydrogens (tertiary/aromatic N) is 2. The van der Waals surface area contributed by atoms with Crippen LogP contribution in [0.2, 0.25) is 0 Å². The van der Waals surface area contributed by atoms with E-state index in [4.69, 9.17) is 5.73 Å². The molecule has 44 heavy (non-hydrogen) atoms. The van der Waals surface area contributed by atoms with E-state index in [-0.39, 0.29) is 42.9 Å². The van der Waals surface area contributed by atoms with E-state index < -0.39 is 41.7 Å². The van der Waals surface area contributed by atoms with E-state index in [2.05, 4.69) is 10.6 Å². The van der Waals surface area contributed by atoms with Crippen LogP contribution in [0.1, 0.15) is 63.1 Å². The lowest BCUT2D eigenvalue weighted by molar-refractivity contribution is -0.148. The summed E-state index contributed by atoms with van der Waals surface area (Å²) in [7, 11) is 3.07. The summed E-state index contributed by atoms with van der Waals surface area (Å²) in [6, 6.07) is 8.03. The first-order valence-corrected chi connectivity index (χ1v) is 15.1. The molecule has 1 aliphatic heterocycles. The van der Waals surface area contributed by atoms with Crippen molar-refractivity contribution in [2.45, 2.75) is 82.8 Å². The lowest BCUT2D eigenvalue weighted by atomic mass is 9.84. The van der Waals surface area contributed by atoms with Gasteiger partial charge in [0.05, 0.1) is 6.04 Å². The lowest BCUT2D eigenvalue weighted by Crippen LogP contribution is -2.57. The van der Waals surface area contributed by atoms with Gasteiger partial charge in [0.1, 0.15) is 23.7 Å². The molecule has 1 heterocycles. The summed E-state index contributed by atoms with van der Waals surface area (Å²) in [6.45, 7) is 6.42. The van der Waals surface area contributed by atoms with Crippen LogP contribution in [0, 0.1) is 5.82 Å². The Labute approximate surface area is 259 Å². The number of likely N-dealkylation sites (N-methyl/N-ethyl adjacent to an activating group) is 2. The van der Waals surface area contributed by atoms with Gasteiger partial charge in [0.25, 0.3) is 0 Å². The average Bonchev–Trinajstić information content (AvgIpc) is 2.97. The summed E-state index contributed by atoms with van der Waals surface area (Å²) in [6.07, 6.45) is 1.86. The fraction of sp³-hybridized carbons (Fsp3) is 0.515. The number of benzene rings is 2. The van der Waals surface area contributed by atoms with Gasteiger partial charge < -0.3 is 31.3 Å². The van der Waals surface area contributed by atoms with E-state index in [1.165, 1.54) is 29.0 Å². The van der Waals surface area contributed by atoms with E-state index in [9.17, 15) is 28.7 Å². The SMILES string of the molecule is CN(C(=O)C(N)Cc1ccc(F)cc1)C1CCCCNC(=O)CCNC(=O)C(Cc2ccc(O)c(C(C)(C)C)c2)N(C)C1=O. The summed E-state index contributed by atoms with van der Waals surface area (Å²) in [5.74, 6) is -1.74. The zero-order valence-electron chi connectivity index (χ0n) is 26.4. The van der Waals surface area contributed by atoms with Crippen molar-refractivity contribution in [2.24, 2.45) is 5.73 Å². The molecule has 2 aromatic rings. The van der Waals surface area contributed by atoms with Crippen LogP contribution in [0.15, 0.2) is 42.5 Å². The van der Waals surface area contributed by atoms with Gasteiger partial charge >= 0.3 is 0 Å². The minimum Gasteiger partial charge on any atom is -0.508 e. The molecule has 5 N–H and O–H groups in total. The number of carbonyl (C=O) groups excluding carboxylic acids is 4. The molecule has 0 radical (unpaired) electrons. The van der Waals surface area contributed by atoms with Crippen molar-refractivity contribution in [2.75, 3.05) is 27.2 Å². The Morgan fingerprint density at radius 2 is 1.73 bits per heavy atom. The normalized spacial score (nSPS) is 19.9. The van der Waals surface area contributed by atoms with Crippen molar-refractivity contribution in [3.05, 3.63) is 65.0 Å². The van der Waals surface area contributed by atoms with E-state index in [1.54, 1.807) is 31.3 Å². The third kappa shape index (κ3) is 9.25. The molecule has 0 aliphatic carbocycles. The smallest absolute Gasteiger partial charge is 0.245 e. The number of rotatable bonds is 6.